The highest BCUT2D eigenvalue weighted by Crippen LogP contribution is 2.22. The second-order valence-electron chi connectivity index (χ2n) is 6.24. The van der Waals surface area contributed by atoms with Crippen molar-refractivity contribution in [1.82, 2.24) is 14.5 Å². The summed E-state index contributed by atoms with van der Waals surface area (Å²) in [5, 5.41) is 1.34. The van der Waals surface area contributed by atoms with Gasteiger partial charge in [0.1, 0.15) is 5.82 Å². The first-order valence-electron chi connectivity index (χ1n) is 9.31. The second-order valence-corrected chi connectivity index (χ2v) is 6.24. The van der Waals surface area contributed by atoms with E-state index in [0.29, 0.717) is 12.2 Å². The zero-order valence-corrected chi connectivity index (χ0v) is 16.0. The molecule has 2 N–H and O–H groups in total. The summed E-state index contributed by atoms with van der Waals surface area (Å²) in [7, 11) is 0. The fourth-order valence-corrected chi connectivity index (χ4v) is 3.30. The van der Waals surface area contributed by atoms with Gasteiger partial charge in [0.05, 0.1) is 11.4 Å². The highest BCUT2D eigenvalue weighted by atomic mass is 16.1. The van der Waals surface area contributed by atoms with Gasteiger partial charge in [0.25, 0.3) is 5.95 Å². The van der Waals surface area contributed by atoms with Crippen molar-refractivity contribution < 1.29 is 0 Å². The lowest BCUT2D eigenvalue weighted by molar-refractivity contribution is 0.749. The van der Waals surface area contributed by atoms with Crippen LogP contribution in [-0.2, 0) is 19.3 Å². The average molecular weight is 363 g/mol. The molecule has 0 aliphatic rings. The standard InChI is InChI=1S/C21H25N5O/c1-4-15-11-10-14-18(17(15)5-2)25-19(6-3)23-20(24-21(25)27)26(22)16-12-8-7-9-13-16/h7-14H,4-6,22H2,1-3H3. The van der Waals surface area contributed by atoms with E-state index < -0.39 is 0 Å². The Morgan fingerprint density at radius 3 is 2.30 bits per heavy atom. The molecule has 1 heterocycles. The van der Waals surface area contributed by atoms with Crippen LogP contribution in [0.4, 0.5) is 11.6 Å². The first kappa shape index (κ1) is 18.8. The summed E-state index contributed by atoms with van der Waals surface area (Å²) >= 11 is 0. The van der Waals surface area contributed by atoms with E-state index in [4.69, 9.17) is 5.84 Å². The molecule has 3 rings (SSSR count). The largest absolute Gasteiger partial charge is 0.356 e. The van der Waals surface area contributed by atoms with E-state index in [0.717, 1.165) is 29.8 Å². The molecular weight excluding hydrogens is 338 g/mol. The lowest BCUT2D eigenvalue weighted by Crippen LogP contribution is -2.34. The maximum Gasteiger partial charge on any atom is 0.356 e. The molecule has 27 heavy (non-hydrogen) atoms. The number of hydrogen-bond acceptors (Lipinski definition) is 5. The lowest BCUT2D eigenvalue weighted by Gasteiger charge is -2.20. The lowest BCUT2D eigenvalue weighted by atomic mass is 10.0. The van der Waals surface area contributed by atoms with Gasteiger partial charge in [-0.3, -0.25) is 0 Å². The van der Waals surface area contributed by atoms with E-state index >= 15 is 0 Å². The SMILES string of the molecule is CCc1cccc(-n2c(CC)nc(N(N)c3ccccc3)nc2=O)c1CC. The Balaban J connectivity index is 2.16. The predicted octanol–water partition coefficient (Wildman–Crippen LogP) is 3.33. The minimum atomic E-state index is -0.369. The molecule has 0 unspecified atom stereocenters. The fraction of sp³-hybridized carbons (Fsp3) is 0.286. The van der Waals surface area contributed by atoms with Crippen LogP contribution < -0.4 is 16.5 Å². The van der Waals surface area contributed by atoms with Crippen LogP contribution in [0.3, 0.4) is 0 Å². The molecule has 1 aromatic heterocycles. The van der Waals surface area contributed by atoms with Crippen LogP contribution in [0, 0.1) is 0 Å². The van der Waals surface area contributed by atoms with Crippen LogP contribution in [0.2, 0.25) is 0 Å². The van der Waals surface area contributed by atoms with Crippen molar-refractivity contribution in [2.45, 2.75) is 40.0 Å². The Hall–Kier alpha value is -2.99. The van der Waals surface area contributed by atoms with Crippen LogP contribution in [0.1, 0.15) is 37.7 Å². The third kappa shape index (κ3) is 3.61. The van der Waals surface area contributed by atoms with Gasteiger partial charge in [-0.25, -0.2) is 20.2 Å². The van der Waals surface area contributed by atoms with Gasteiger partial charge >= 0.3 is 5.69 Å². The number of hydrazine groups is 1. The number of anilines is 2. The third-order valence-corrected chi connectivity index (χ3v) is 4.66. The molecule has 0 radical (unpaired) electrons. The third-order valence-electron chi connectivity index (χ3n) is 4.66. The highest BCUT2D eigenvalue weighted by Gasteiger charge is 2.17. The van der Waals surface area contributed by atoms with Gasteiger partial charge in [-0.05, 0) is 42.2 Å². The summed E-state index contributed by atoms with van der Waals surface area (Å²) in [5.41, 5.74) is 3.59. The minimum absolute atomic E-state index is 0.198. The number of benzene rings is 2. The Labute approximate surface area is 159 Å². The Morgan fingerprint density at radius 1 is 0.926 bits per heavy atom. The number of nitrogens with zero attached hydrogens (tertiary/aromatic N) is 4. The van der Waals surface area contributed by atoms with Gasteiger partial charge in [0.15, 0.2) is 0 Å². The molecule has 0 saturated heterocycles. The molecule has 6 nitrogen and oxygen atoms in total. The molecule has 2 aromatic carbocycles. The molecule has 0 spiro atoms. The van der Waals surface area contributed by atoms with Gasteiger partial charge in [-0.15, -0.1) is 0 Å². The Morgan fingerprint density at radius 2 is 1.67 bits per heavy atom. The van der Waals surface area contributed by atoms with E-state index in [1.165, 1.54) is 10.6 Å². The van der Waals surface area contributed by atoms with Crippen LogP contribution in [0.5, 0.6) is 0 Å². The van der Waals surface area contributed by atoms with Crippen molar-refractivity contribution in [3.8, 4) is 5.69 Å². The summed E-state index contributed by atoms with van der Waals surface area (Å²) in [6, 6.07) is 15.4. The molecule has 0 fully saturated rings. The summed E-state index contributed by atoms with van der Waals surface area (Å²) in [6.45, 7) is 6.19. The van der Waals surface area contributed by atoms with Crippen molar-refractivity contribution in [2.75, 3.05) is 5.01 Å². The van der Waals surface area contributed by atoms with Crippen molar-refractivity contribution in [3.05, 3.63) is 76.0 Å². The topological polar surface area (TPSA) is 77.0 Å². The molecule has 0 saturated carbocycles. The maximum absolute atomic E-state index is 13.0. The van der Waals surface area contributed by atoms with E-state index in [-0.39, 0.29) is 11.6 Å². The number of aromatic nitrogens is 3. The van der Waals surface area contributed by atoms with Gasteiger partial charge in [0, 0.05) is 6.42 Å². The minimum Gasteiger partial charge on any atom is -0.248 e. The molecule has 0 atom stereocenters. The summed E-state index contributed by atoms with van der Waals surface area (Å²) in [5.74, 6) is 7.00. The van der Waals surface area contributed by atoms with Gasteiger partial charge in [0.2, 0.25) is 0 Å². The van der Waals surface area contributed by atoms with Crippen LogP contribution in [0.25, 0.3) is 5.69 Å². The molecule has 3 aromatic rings. The average Bonchev–Trinajstić information content (AvgIpc) is 2.72. The fourth-order valence-electron chi connectivity index (χ4n) is 3.30. The first-order chi connectivity index (χ1) is 13.1. The summed E-state index contributed by atoms with van der Waals surface area (Å²) < 4.78 is 1.61. The van der Waals surface area contributed by atoms with Gasteiger partial charge < -0.3 is 0 Å². The number of hydrogen-bond donors (Lipinski definition) is 1. The number of rotatable bonds is 6. The van der Waals surface area contributed by atoms with Crippen molar-refractivity contribution in [3.63, 3.8) is 0 Å². The highest BCUT2D eigenvalue weighted by molar-refractivity contribution is 5.55. The number of para-hydroxylation sites is 1. The normalized spacial score (nSPS) is 10.8. The van der Waals surface area contributed by atoms with Crippen molar-refractivity contribution >= 4 is 11.6 Å². The quantitative estimate of drug-likeness (QED) is 0.537. The van der Waals surface area contributed by atoms with Crippen LogP contribution in [0.15, 0.2) is 53.3 Å². The van der Waals surface area contributed by atoms with Crippen LogP contribution in [-0.4, -0.2) is 14.5 Å². The van der Waals surface area contributed by atoms with E-state index in [1.54, 1.807) is 4.57 Å². The molecule has 0 bridgehead atoms. The maximum atomic E-state index is 13.0. The van der Waals surface area contributed by atoms with E-state index in [1.807, 2.05) is 49.4 Å². The smallest absolute Gasteiger partial charge is 0.248 e. The van der Waals surface area contributed by atoms with Gasteiger partial charge in [-0.1, -0.05) is 51.1 Å². The number of nitrogens with two attached hydrogens (primary N) is 1. The second kappa shape index (κ2) is 8.14. The molecule has 0 aliphatic heterocycles. The van der Waals surface area contributed by atoms with Crippen molar-refractivity contribution in [2.24, 2.45) is 5.84 Å². The zero-order valence-electron chi connectivity index (χ0n) is 16.0. The molecule has 0 aliphatic carbocycles. The molecule has 140 valence electrons. The Kier molecular flexibility index (Phi) is 5.66. The van der Waals surface area contributed by atoms with E-state index in [9.17, 15) is 4.79 Å². The van der Waals surface area contributed by atoms with Crippen LogP contribution >= 0.6 is 0 Å². The first-order valence-corrected chi connectivity index (χ1v) is 9.31. The summed E-state index contributed by atoms with van der Waals surface area (Å²) in [6.07, 6.45) is 2.34. The Bertz CT molecular complexity index is 982. The monoisotopic (exact) mass is 363 g/mol. The zero-order chi connectivity index (χ0) is 19.4. The predicted molar refractivity (Wildman–Crippen MR) is 109 cm³/mol. The molecule has 0 amide bonds. The number of aryl methyl sites for hydroxylation is 2. The molecule has 6 heteroatoms. The van der Waals surface area contributed by atoms with Gasteiger partial charge in [-0.2, -0.15) is 9.97 Å². The van der Waals surface area contributed by atoms with Crippen molar-refractivity contribution in [1.29, 1.82) is 0 Å². The molecular formula is C21H25N5O. The summed E-state index contributed by atoms with van der Waals surface area (Å²) in [4.78, 5) is 21.7. The van der Waals surface area contributed by atoms with E-state index in [2.05, 4.69) is 29.9 Å².